The number of benzene rings is 2. The lowest BCUT2D eigenvalue weighted by Gasteiger charge is -2.15. The molecule has 2 aromatic rings. The van der Waals surface area contributed by atoms with Crippen molar-refractivity contribution in [2.75, 3.05) is 25.6 Å². The van der Waals surface area contributed by atoms with Gasteiger partial charge in [0, 0.05) is 17.2 Å². The van der Waals surface area contributed by atoms with Crippen molar-refractivity contribution in [1.29, 1.82) is 0 Å². The quantitative estimate of drug-likeness (QED) is 0.545. The van der Waals surface area contributed by atoms with Gasteiger partial charge in [-0.1, -0.05) is 30.7 Å². The van der Waals surface area contributed by atoms with Crippen LogP contribution in [0.2, 0.25) is 5.02 Å². The minimum absolute atomic E-state index is 0.0637. The summed E-state index contributed by atoms with van der Waals surface area (Å²) in [6, 6.07) is 12.7. The number of hydrogen-bond donors (Lipinski definition) is 2. The third-order valence-corrected chi connectivity index (χ3v) is 4.98. The van der Waals surface area contributed by atoms with Gasteiger partial charge in [0.1, 0.15) is 5.75 Å². The summed E-state index contributed by atoms with van der Waals surface area (Å²) in [4.78, 5) is 17.3. The minimum Gasteiger partial charge on any atom is -0.495 e. The summed E-state index contributed by atoms with van der Waals surface area (Å²) in [6.45, 7) is 3.29. The molecule has 1 unspecified atom stereocenters. The highest BCUT2D eigenvalue weighted by Gasteiger charge is 2.17. The Hall–Kier alpha value is -2.57. The molecule has 0 aromatic heterocycles. The number of aliphatic imine (C=N–C) groups is 1. The van der Waals surface area contributed by atoms with Gasteiger partial charge in [0.15, 0.2) is 0 Å². The Bertz CT molecular complexity index is 862. The molecule has 1 aliphatic heterocycles. The van der Waals surface area contributed by atoms with Crippen LogP contribution in [0.3, 0.4) is 0 Å². The summed E-state index contributed by atoms with van der Waals surface area (Å²) in [7, 11) is 1.57. The first-order chi connectivity index (χ1) is 14.1. The number of guanidine groups is 1. The average Bonchev–Trinajstić information content (AvgIpc) is 3.26. The fraction of sp³-hybridized carbons (Fsp3) is 0.364. The van der Waals surface area contributed by atoms with Crippen LogP contribution in [-0.2, 0) is 11.2 Å². The molecule has 1 saturated heterocycles. The predicted octanol–water partition coefficient (Wildman–Crippen LogP) is 4.29. The summed E-state index contributed by atoms with van der Waals surface area (Å²) in [5.74, 6) is 0.679. The molecular weight excluding hydrogens is 390 g/mol. The molecule has 0 bridgehead atoms. The summed E-state index contributed by atoms with van der Waals surface area (Å²) in [6.07, 6.45) is 2.98. The first-order valence-electron chi connectivity index (χ1n) is 9.76. The minimum atomic E-state index is -0.243. The number of nitrogens with one attached hydrogen (secondary N) is 2. The summed E-state index contributed by atoms with van der Waals surface area (Å²) in [5.41, 5.74) is 2.36. The standard InChI is InChI=1S/C22H26ClN3O3/c1-3-15-6-8-16(9-7-15)21(27)26-22(24-14-18-5-4-12-29-18)25-19-13-17(23)10-11-20(19)28-2/h6-11,13,18H,3-5,12,14H2,1-2H3,(H2,24,25,26,27). The van der Waals surface area contributed by atoms with Crippen LogP contribution in [0.15, 0.2) is 47.5 Å². The molecule has 1 aliphatic rings. The maximum atomic E-state index is 12.7. The van der Waals surface area contributed by atoms with Crippen LogP contribution in [0.1, 0.15) is 35.7 Å². The van der Waals surface area contributed by atoms with Gasteiger partial charge >= 0.3 is 0 Å². The van der Waals surface area contributed by atoms with E-state index in [-0.39, 0.29) is 12.0 Å². The van der Waals surface area contributed by atoms with Crippen molar-refractivity contribution in [3.63, 3.8) is 0 Å². The number of methoxy groups -OCH3 is 1. The smallest absolute Gasteiger partial charge is 0.257 e. The van der Waals surface area contributed by atoms with Crippen molar-refractivity contribution in [3.8, 4) is 5.75 Å². The SMILES string of the molecule is CCc1ccc(C(=O)NC(=NCC2CCCO2)Nc2cc(Cl)ccc2OC)cc1. The Morgan fingerprint density at radius 1 is 1.28 bits per heavy atom. The van der Waals surface area contributed by atoms with Crippen LogP contribution < -0.4 is 15.4 Å². The molecule has 0 aliphatic carbocycles. The third-order valence-electron chi connectivity index (χ3n) is 4.75. The molecule has 2 N–H and O–H groups in total. The zero-order valence-corrected chi connectivity index (χ0v) is 17.5. The number of rotatable bonds is 6. The van der Waals surface area contributed by atoms with Crippen molar-refractivity contribution < 1.29 is 14.3 Å². The number of anilines is 1. The molecular formula is C22H26ClN3O3. The van der Waals surface area contributed by atoms with Crippen molar-refractivity contribution in [1.82, 2.24) is 5.32 Å². The van der Waals surface area contributed by atoms with Crippen molar-refractivity contribution in [2.24, 2.45) is 4.99 Å². The average molecular weight is 416 g/mol. The van der Waals surface area contributed by atoms with Gasteiger partial charge in [0.05, 0.1) is 25.4 Å². The third kappa shape index (κ3) is 5.95. The Labute approximate surface area is 176 Å². The van der Waals surface area contributed by atoms with E-state index in [2.05, 4.69) is 22.5 Å². The van der Waals surface area contributed by atoms with E-state index >= 15 is 0 Å². The van der Waals surface area contributed by atoms with Crippen LogP contribution in [-0.4, -0.2) is 38.2 Å². The highest BCUT2D eigenvalue weighted by molar-refractivity contribution is 6.31. The molecule has 7 heteroatoms. The molecule has 1 atom stereocenters. The molecule has 3 rings (SSSR count). The van der Waals surface area contributed by atoms with Gasteiger partial charge in [-0.3, -0.25) is 10.1 Å². The largest absolute Gasteiger partial charge is 0.495 e. The Balaban J connectivity index is 1.79. The number of hydrogen-bond acceptors (Lipinski definition) is 4. The van der Waals surface area contributed by atoms with Crippen LogP contribution in [0.25, 0.3) is 0 Å². The van der Waals surface area contributed by atoms with E-state index in [1.165, 1.54) is 5.56 Å². The number of amides is 1. The lowest BCUT2D eigenvalue weighted by molar-refractivity contribution is 0.0975. The molecule has 1 heterocycles. The van der Waals surface area contributed by atoms with Crippen LogP contribution in [0.5, 0.6) is 5.75 Å². The number of carbonyl (C=O) groups is 1. The lowest BCUT2D eigenvalue weighted by atomic mass is 10.1. The maximum Gasteiger partial charge on any atom is 0.257 e. The molecule has 2 aromatic carbocycles. The summed E-state index contributed by atoms with van der Waals surface area (Å²) < 4.78 is 11.0. The lowest BCUT2D eigenvalue weighted by Crippen LogP contribution is -2.36. The van der Waals surface area contributed by atoms with Crippen molar-refractivity contribution >= 4 is 29.2 Å². The van der Waals surface area contributed by atoms with Gasteiger partial charge in [0.2, 0.25) is 5.96 Å². The topological polar surface area (TPSA) is 72.0 Å². The van der Waals surface area contributed by atoms with Gasteiger partial charge in [0.25, 0.3) is 5.91 Å². The summed E-state index contributed by atoms with van der Waals surface area (Å²) in [5, 5.41) is 6.55. The molecule has 1 amide bonds. The molecule has 29 heavy (non-hydrogen) atoms. The number of aryl methyl sites for hydroxylation is 1. The second kappa shape index (κ2) is 10.3. The van der Waals surface area contributed by atoms with Gasteiger partial charge in [-0.25, -0.2) is 4.99 Å². The first kappa shape index (κ1) is 21.1. The highest BCUT2D eigenvalue weighted by atomic mass is 35.5. The van der Waals surface area contributed by atoms with Gasteiger partial charge < -0.3 is 14.8 Å². The predicted molar refractivity (Wildman–Crippen MR) is 116 cm³/mol. The zero-order chi connectivity index (χ0) is 20.6. The molecule has 6 nitrogen and oxygen atoms in total. The Morgan fingerprint density at radius 2 is 2.07 bits per heavy atom. The van der Waals surface area contributed by atoms with Crippen LogP contribution in [0, 0.1) is 0 Å². The second-order valence-corrected chi connectivity index (χ2v) is 7.23. The highest BCUT2D eigenvalue weighted by Crippen LogP contribution is 2.27. The second-order valence-electron chi connectivity index (χ2n) is 6.80. The summed E-state index contributed by atoms with van der Waals surface area (Å²) >= 11 is 6.13. The monoisotopic (exact) mass is 415 g/mol. The molecule has 1 fully saturated rings. The van der Waals surface area contributed by atoms with E-state index in [0.717, 1.165) is 25.9 Å². The fourth-order valence-electron chi connectivity index (χ4n) is 3.07. The Kier molecular flexibility index (Phi) is 7.49. The zero-order valence-electron chi connectivity index (χ0n) is 16.7. The first-order valence-corrected chi connectivity index (χ1v) is 10.1. The molecule has 0 saturated carbocycles. The van der Waals surface area contributed by atoms with Crippen LogP contribution >= 0.6 is 11.6 Å². The molecule has 0 radical (unpaired) electrons. The van der Waals surface area contributed by atoms with E-state index in [1.54, 1.807) is 25.3 Å². The van der Waals surface area contributed by atoms with Gasteiger partial charge in [-0.2, -0.15) is 0 Å². The van der Waals surface area contributed by atoms with Gasteiger partial charge in [-0.15, -0.1) is 0 Å². The van der Waals surface area contributed by atoms with E-state index in [1.807, 2.05) is 24.3 Å². The van der Waals surface area contributed by atoms with E-state index in [9.17, 15) is 4.79 Å². The normalized spacial score (nSPS) is 16.5. The van der Waals surface area contributed by atoms with Crippen molar-refractivity contribution in [2.45, 2.75) is 32.3 Å². The number of nitrogens with zero attached hydrogens (tertiary/aromatic N) is 1. The molecule has 0 spiro atoms. The van der Waals surface area contributed by atoms with Gasteiger partial charge in [-0.05, 0) is 55.2 Å². The number of ether oxygens (including phenoxy) is 2. The van der Waals surface area contributed by atoms with Crippen LogP contribution in [0.4, 0.5) is 5.69 Å². The Morgan fingerprint density at radius 3 is 2.72 bits per heavy atom. The van der Waals surface area contributed by atoms with Crippen molar-refractivity contribution in [3.05, 3.63) is 58.6 Å². The maximum absolute atomic E-state index is 12.7. The fourth-order valence-corrected chi connectivity index (χ4v) is 3.24. The van der Waals surface area contributed by atoms with E-state index < -0.39 is 0 Å². The number of carbonyl (C=O) groups excluding carboxylic acids is 1. The molecule has 154 valence electrons. The van der Waals surface area contributed by atoms with E-state index in [4.69, 9.17) is 21.1 Å². The number of halogens is 1. The van der Waals surface area contributed by atoms with E-state index in [0.29, 0.717) is 34.5 Å².